The lowest BCUT2D eigenvalue weighted by Crippen LogP contribution is -2.10. The SMILES string of the molecule is CC(C)n1c(-c2ccccc2C(F)(F)F)cnc1Cl. The van der Waals surface area contributed by atoms with Crippen LogP contribution in [-0.4, -0.2) is 9.55 Å². The molecule has 19 heavy (non-hydrogen) atoms. The molecular formula is C13H12ClF3N2. The quantitative estimate of drug-likeness (QED) is 0.776. The van der Waals surface area contributed by atoms with Crippen molar-refractivity contribution in [1.82, 2.24) is 9.55 Å². The van der Waals surface area contributed by atoms with E-state index in [1.165, 1.54) is 18.3 Å². The third kappa shape index (κ3) is 2.61. The smallest absolute Gasteiger partial charge is 0.312 e. The van der Waals surface area contributed by atoms with Crippen molar-refractivity contribution in [3.63, 3.8) is 0 Å². The van der Waals surface area contributed by atoms with Gasteiger partial charge in [-0.3, -0.25) is 0 Å². The highest BCUT2D eigenvalue weighted by Crippen LogP contribution is 2.38. The Morgan fingerprint density at radius 1 is 1.21 bits per heavy atom. The molecule has 1 aromatic carbocycles. The minimum atomic E-state index is -4.41. The third-order valence-electron chi connectivity index (χ3n) is 2.78. The number of hydrogen-bond acceptors (Lipinski definition) is 1. The van der Waals surface area contributed by atoms with Gasteiger partial charge in [-0.05, 0) is 31.5 Å². The lowest BCUT2D eigenvalue weighted by Gasteiger charge is -2.17. The highest BCUT2D eigenvalue weighted by Gasteiger charge is 2.34. The Labute approximate surface area is 113 Å². The molecule has 0 N–H and O–H groups in total. The predicted octanol–water partition coefficient (Wildman–Crippen LogP) is 4.80. The number of aromatic nitrogens is 2. The fourth-order valence-electron chi connectivity index (χ4n) is 1.98. The van der Waals surface area contributed by atoms with E-state index in [0.29, 0.717) is 5.69 Å². The van der Waals surface area contributed by atoms with Gasteiger partial charge in [-0.25, -0.2) is 4.98 Å². The Morgan fingerprint density at radius 2 is 1.84 bits per heavy atom. The predicted molar refractivity (Wildman–Crippen MR) is 68.1 cm³/mol. The van der Waals surface area contributed by atoms with Crippen molar-refractivity contribution in [2.75, 3.05) is 0 Å². The summed E-state index contributed by atoms with van der Waals surface area (Å²) in [4.78, 5) is 3.90. The van der Waals surface area contributed by atoms with Crippen LogP contribution in [-0.2, 0) is 6.18 Å². The van der Waals surface area contributed by atoms with Crippen LogP contribution in [0.15, 0.2) is 30.5 Å². The Kier molecular flexibility index (Phi) is 3.58. The van der Waals surface area contributed by atoms with Gasteiger partial charge in [0, 0.05) is 11.6 Å². The molecule has 0 fully saturated rings. The molecule has 0 saturated carbocycles. The Bertz CT molecular complexity index is 588. The van der Waals surface area contributed by atoms with Crippen LogP contribution in [0.4, 0.5) is 13.2 Å². The first kappa shape index (κ1) is 13.9. The van der Waals surface area contributed by atoms with E-state index in [9.17, 15) is 13.2 Å². The van der Waals surface area contributed by atoms with Crippen LogP contribution in [0.25, 0.3) is 11.3 Å². The number of alkyl halides is 3. The number of rotatable bonds is 2. The first-order chi connectivity index (χ1) is 8.82. The molecule has 0 aliphatic rings. The molecule has 0 spiro atoms. The van der Waals surface area contributed by atoms with Gasteiger partial charge in [-0.15, -0.1) is 0 Å². The molecule has 102 valence electrons. The van der Waals surface area contributed by atoms with Crippen LogP contribution in [0.1, 0.15) is 25.5 Å². The van der Waals surface area contributed by atoms with Gasteiger partial charge in [0.2, 0.25) is 5.28 Å². The number of hydrogen-bond donors (Lipinski definition) is 0. The summed E-state index contributed by atoms with van der Waals surface area (Å²) in [5.41, 5.74) is -0.232. The maximum atomic E-state index is 13.0. The number of benzene rings is 1. The summed E-state index contributed by atoms with van der Waals surface area (Å²) in [6.45, 7) is 3.68. The zero-order valence-electron chi connectivity index (χ0n) is 10.4. The van der Waals surface area contributed by atoms with Crippen molar-refractivity contribution in [1.29, 1.82) is 0 Å². The molecule has 6 heteroatoms. The monoisotopic (exact) mass is 288 g/mol. The average molecular weight is 289 g/mol. The van der Waals surface area contributed by atoms with Crippen molar-refractivity contribution < 1.29 is 13.2 Å². The molecule has 0 amide bonds. The fourth-order valence-corrected chi connectivity index (χ4v) is 2.32. The summed E-state index contributed by atoms with van der Waals surface area (Å²) in [6.07, 6.45) is -3.04. The van der Waals surface area contributed by atoms with Gasteiger partial charge < -0.3 is 4.57 Å². The molecule has 2 rings (SSSR count). The molecule has 2 nitrogen and oxygen atoms in total. The van der Waals surface area contributed by atoms with E-state index < -0.39 is 11.7 Å². The van der Waals surface area contributed by atoms with Crippen LogP contribution in [0, 0.1) is 0 Å². The zero-order valence-corrected chi connectivity index (χ0v) is 11.1. The average Bonchev–Trinajstić information content (AvgIpc) is 2.70. The lowest BCUT2D eigenvalue weighted by atomic mass is 10.0. The summed E-state index contributed by atoms with van der Waals surface area (Å²) < 4.78 is 40.6. The molecule has 0 aliphatic carbocycles. The Morgan fingerprint density at radius 3 is 2.42 bits per heavy atom. The third-order valence-corrected chi connectivity index (χ3v) is 3.06. The molecule has 2 aromatic rings. The van der Waals surface area contributed by atoms with Gasteiger partial charge in [0.05, 0.1) is 17.5 Å². The maximum Gasteiger partial charge on any atom is 0.417 e. The molecule has 0 aliphatic heterocycles. The van der Waals surface area contributed by atoms with E-state index in [1.54, 1.807) is 10.6 Å². The summed E-state index contributed by atoms with van der Waals surface area (Å²) in [7, 11) is 0. The Balaban J connectivity index is 2.67. The normalized spacial score (nSPS) is 12.2. The fraction of sp³-hybridized carbons (Fsp3) is 0.308. The minimum absolute atomic E-state index is 0.0775. The molecule has 0 unspecified atom stereocenters. The molecule has 0 atom stereocenters. The van der Waals surface area contributed by atoms with E-state index in [-0.39, 0.29) is 16.9 Å². The van der Waals surface area contributed by atoms with Crippen LogP contribution in [0.5, 0.6) is 0 Å². The van der Waals surface area contributed by atoms with Crippen molar-refractivity contribution in [3.05, 3.63) is 41.3 Å². The molecule has 1 heterocycles. The Hall–Kier alpha value is -1.49. The second-order valence-corrected chi connectivity index (χ2v) is 4.76. The highest BCUT2D eigenvalue weighted by atomic mass is 35.5. The van der Waals surface area contributed by atoms with Crippen LogP contribution in [0.3, 0.4) is 0 Å². The van der Waals surface area contributed by atoms with Gasteiger partial charge in [-0.2, -0.15) is 13.2 Å². The van der Waals surface area contributed by atoms with Crippen molar-refractivity contribution in [3.8, 4) is 11.3 Å². The number of nitrogens with zero attached hydrogens (tertiary/aromatic N) is 2. The van der Waals surface area contributed by atoms with Gasteiger partial charge in [0.1, 0.15) is 0 Å². The molecule has 0 bridgehead atoms. The molecule has 0 saturated heterocycles. The zero-order chi connectivity index (χ0) is 14.2. The lowest BCUT2D eigenvalue weighted by molar-refractivity contribution is -0.137. The van der Waals surface area contributed by atoms with E-state index in [0.717, 1.165) is 6.07 Å². The van der Waals surface area contributed by atoms with Crippen molar-refractivity contribution in [2.24, 2.45) is 0 Å². The van der Waals surface area contributed by atoms with E-state index in [4.69, 9.17) is 11.6 Å². The molecular weight excluding hydrogens is 277 g/mol. The van der Waals surface area contributed by atoms with Gasteiger partial charge >= 0.3 is 6.18 Å². The van der Waals surface area contributed by atoms with Crippen LogP contribution in [0.2, 0.25) is 5.28 Å². The van der Waals surface area contributed by atoms with Gasteiger partial charge in [-0.1, -0.05) is 18.2 Å². The number of halogens is 4. The summed E-state index contributed by atoms with van der Waals surface area (Å²) in [5, 5.41) is 0.182. The largest absolute Gasteiger partial charge is 0.417 e. The van der Waals surface area contributed by atoms with Crippen LogP contribution < -0.4 is 0 Å². The van der Waals surface area contributed by atoms with Crippen molar-refractivity contribution >= 4 is 11.6 Å². The molecule has 0 radical (unpaired) electrons. The minimum Gasteiger partial charge on any atom is -0.312 e. The van der Waals surface area contributed by atoms with Gasteiger partial charge in [0.25, 0.3) is 0 Å². The second-order valence-electron chi connectivity index (χ2n) is 4.42. The van der Waals surface area contributed by atoms with E-state index >= 15 is 0 Å². The van der Waals surface area contributed by atoms with E-state index in [1.807, 2.05) is 13.8 Å². The summed E-state index contributed by atoms with van der Waals surface area (Å²) in [6, 6.07) is 5.34. The standard InChI is InChI=1S/C13H12ClF3N2/c1-8(2)19-11(7-18-12(19)14)9-5-3-4-6-10(9)13(15,16)17/h3-8H,1-2H3. The topological polar surface area (TPSA) is 17.8 Å². The summed E-state index contributed by atoms with van der Waals surface area (Å²) >= 11 is 5.93. The highest BCUT2D eigenvalue weighted by molar-refractivity contribution is 6.28. The second kappa shape index (κ2) is 4.89. The first-order valence-electron chi connectivity index (χ1n) is 5.71. The van der Waals surface area contributed by atoms with Gasteiger partial charge in [0.15, 0.2) is 0 Å². The first-order valence-corrected chi connectivity index (χ1v) is 6.09. The molecule has 1 aromatic heterocycles. The number of imidazole rings is 1. The maximum absolute atomic E-state index is 13.0. The van der Waals surface area contributed by atoms with Crippen LogP contribution >= 0.6 is 11.6 Å². The van der Waals surface area contributed by atoms with Crippen molar-refractivity contribution in [2.45, 2.75) is 26.1 Å². The van der Waals surface area contributed by atoms with E-state index in [2.05, 4.69) is 4.98 Å². The summed E-state index contributed by atoms with van der Waals surface area (Å²) in [5.74, 6) is 0.